The lowest BCUT2D eigenvalue weighted by Crippen LogP contribution is -2.36. The van der Waals surface area contributed by atoms with E-state index in [1.54, 1.807) is 7.11 Å². The van der Waals surface area contributed by atoms with Crippen LogP contribution in [0.4, 0.5) is 5.69 Å². The zero-order valence-corrected chi connectivity index (χ0v) is 23.7. The van der Waals surface area contributed by atoms with Crippen molar-refractivity contribution < 1.29 is 31.4 Å². The van der Waals surface area contributed by atoms with Crippen LogP contribution in [0.3, 0.4) is 0 Å². The van der Waals surface area contributed by atoms with Crippen LogP contribution in [-0.2, 0) is 16.7 Å². The largest absolute Gasteiger partial charge is 0.748 e. The number of anilines is 1. The molecule has 210 valence electrons. The number of fused-ring (bicyclic) bond motifs is 2. The first-order chi connectivity index (χ1) is 19.4. The van der Waals surface area contributed by atoms with Crippen LogP contribution in [-0.4, -0.2) is 32.4 Å². The van der Waals surface area contributed by atoms with Gasteiger partial charge in [-0.25, -0.2) is 8.42 Å². The lowest BCUT2D eigenvalue weighted by atomic mass is 10.0. The van der Waals surface area contributed by atoms with Crippen LogP contribution in [0.2, 0.25) is 0 Å². The molecule has 5 rings (SSSR count). The number of aromatic nitrogens is 1. The molecule has 2 heterocycles. The zero-order chi connectivity index (χ0) is 28.1. The summed E-state index contributed by atoms with van der Waals surface area (Å²) in [5, 5.41) is 0. The van der Waals surface area contributed by atoms with E-state index in [4.69, 9.17) is 13.9 Å². The molecule has 0 unspecified atom stereocenters. The molecule has 0 N–H and O–H groups in total. The fourth-order valence-electron chi connectivity index (χ4n) is 4.97. The standard InChI is InChI=1S/C31H34N2O6S/c1-3-4-8-17-33-27-21-25(37-2)14-16-29(27)39-31(33)22-30-32(18-9-10-19-40(34,35)36)26-20-24(13-15-28(26)38-30)23-11-6-5-7-12-23/h5-7,11-16,20-22H,3-4,8-10,17-19H2,1-2H3. The predicted octanol–water partition coefficient (Wildman–Crippen LogP) is 6.11. The minimum absolute atomic E-state index is 0.269. The molecular weight excluding hydrogens is 528 g/mol. The van der Waals surface area contributed by atoms with E-state index >= 15 is 0 Å². The highest BCUT2D eigenvalue weighted by Gasteiger charge is 2.30. The van der Waals surface area contributed by atoms with Gasteiger partial charge in [0.25, 0.3) is 5.52 Å². The number of aryl methyl sites for hydroxylation is 1. The molecule has 0 fully saturated rings. The molecule has 40 heavy (non-hydrogen) atoms. The minimum atomic E-state index is -4.27. The van der Waals surface area contributed by atoms with Gasteiger partial charge in [0.2, 0.25) is 11.5 Å². The van der Waals surface area contributed by atoms with E-state index in [2.05, 4.69) is 29.7 Å². The first-order valence-electron chi connectivity index (χ1n) is 13.7. The number of hydrogen-bond donors (Lipinski definition) is 0. The van der Waals surface area contributed by atoms with Gasteiger partial charge in [-0.2, -0.15) is 4.57 Å². The van der Waals surface area contributed by atoms with Crippen LogP contribution in [0.15, 0.2) is 77.0 Å². The van der Waals surface area contributed by atoms with Gasteiger partial charge in [-0.3, -0.25) is 0 Å². The monoisotopic (exact) mass is 562 g/mol. The summed E-state index contributed by atoms with van der Waals surface area (Å²) in [5.74, 6) is 2.31. The summed E-state index contributed by atoms with van der Waals surface area (Å²) < 4.78 is 53.8. The van der Waals surface area contributed by atoms with Crippen LogP contribution in [0.1, 0.15) is 44.9 Å². The van der Waals surface area contributed by atoms with Crippen molar-refractivity contribution in [1.82, 2.24) is 0 Å². The average molecular weight is 563 g/mol. The van der Waals surface area contributed by atoms with E-state index in [-0.39, 0.29) is 12.2 Å². The number of ether oxygens (including phenoxy) is 2. The van der Waals surface area contributed by atoms with E-state index in [1.165, 1.54) is 0 Å². The number of hydrogen-bond acceptors (Lipinski definition) is 7. The van der Waals surface area contributed by atoms with Gasteiger partial charge < -0.3 is 23.3 Å². The Bertz CT molecular complexity index is 1610. The highest BCUT2D eigenvalue weighted by Crippen LogP contribution is 2.42. The van der Waals surface area contributed by atoms with Crippen molar-refractivity contribution in [2.75, 3.05) is 24.3 Å². The number of oxazole rings is 1. The first-order valence-corrected chi connectivity index (χ1v) is 15.2. The van der Waals surface area contributed by atoms with Crippen molar-refractivity contribution in [2.45, 2.75) is 45.6 Å². The van der Waals surface area contributed by atoms with Gasteiger partial charge >= 0.3 is 5.89 Å². The predicted molar refractivity (Wildman–Crippen MR) is 154 cm³/mol. The van der Waals surface area contributed by atoms with Crippen molar-refractivity contribution in [2.24, 2.45) is 0 Å². The zero-order valence-electron chi connectivity index (χ0n) is 22.8. The second-order valence-electron chi connectivity index (χ2n) is 9.89. The summed E-state index contributed by atoms with van der Waals surface area (Å²) >= 11 is 0. The fraction of sp³-hybridized carbons (Fsp3) is 0.323. The maximum Gasteiger partial charge on any atom is 0.379 e. The van der Waals surface area contributed by atoms with Gasteiger partial charge in [0.05, 0.1) is 29.0 Å². The third kappa shape index (κ3) is 6.32. The Kier molecular flexibility index (Phi) is 8.42. The number of unbranched alkanes of at least 4 members (excludes halogenated alkanes) is 3. The normalized spacial score (nSPS) is 14.1. The van der Waals surface area contributed by atoms with Crippen molar-refractivity contribution >= 4 is 33.0 Å². The Morgan fingerprint density at radius 1 is 0.975 bits per heavy atom. The van der Waals surface area contributed by atoms with Crippen molar-refractivity contribution in [3.63, 3.8) is 0 Å². The Balaban J connectivity index is 1.53. The summed E-state index contributed by atoms with van der Waals surface area (Å²) in [4.78, 5) is 2.03. The van der Waals surface area contributed by atoms with Gasteiger partial charge in [0.1, 0.15) is 11.8 Å². The average Bonchev–Trinajstić information content (AvgIpc) is 3.47. The van der Waals surface area contributed by atoms with E-state index < -0.39 is 10.1 Å². The SMILES string of the molecule is CCCCC[n+]1c(/C=C2\Oc3ccc(-c4ccccc4)cc3N2CCCCS(=O)(=O)[O-])oc2ccc(OC)cc21. The Hall–Kier alpha value is -3.82. The Morgan fingerprint density at radius 3 is 2.55 bits per heavy atom. The topological polar surface area (TPSA) is 95.9 Å². The summed E-state index contributed by atoms with van der Waals surface area (Å²) in [7, 11) is -2.62. The van der Waals surface area contributed by atoms with Crippen LogP contribution < -0.4 is 18.9 Å². The molecule has 9 heteroatoms. The fourth-order valence-corrected chi connectivity index (χ4v) is 5.53. The van der Waals surface area contributed by atoms with Gasteiger partial charge in [-0.1, -0.05) is 49.7 Å². The molecule has 0 spiro atoms. The van der Waals surface area contributed by atoms with Gasteiger partial charge in [-0.15, -0.1) is 0 Å². The van der Waals surface area contributed by atoms with Crippen LogP contribution in [0.25, 0.3) is 28.3 Å². The Morgan fingerprint density at radius 2 is 1.80 bits per heavy atom. The maximum atomic E-state index is 11.2. The molecule has 4 aromatic rings. The second-order valence-corrected chi connectivity index (χ2v) is 11.4. The molecule has 0 aliphatic carbocycles. The van der Waals surface area contributed by atoms with Crippen LogP contribution in [0, 0.1) is 0 Å². The molecule has 1 aliphatic rings. The lowest BCUT2D eigenvalue weighted by Gasteiger charge is -2.18. The summed E-state index contributed by atoms with van der Waals surface area (Å²) in [6.07, 6.45) is 5.86. The molecule has 0 amide bonds. The highest BCUT2D eigenvalue weighted by molar-refractivity contribution is 7.85. The van der Waals surface area contributed by atoms with Crippen LogP contribution in [0.5, 0.6) is 11.5 Å². The number of benzene rings is 3. The molecule has 0 saturated carbocycles. The molecule has 0 atom stereocenters. The summed E-state index contributed by atoms with van der Waals surface area (Å²) in [5.41, 5.74) is 4.70. The number of nitrogens with zero attached hydrogens (tertiary/aromatic N) is 2. The molecule has 8 nitrogen and oxygen atoms in total. The third-order valence-electron chi connectivity index (χ3n) is 7.03. The number of rotatable bonds is 12. The molecule has 3 aromatic carbocycles. The highest BCUT2D eigenvalue weighted by atomic mass is 32.2. The van der Waals surface area contributed by atoms with Gasteiger partial charge in [-0.05, 0) is 54.7 Å². The molecule has 0 bridgehead atoms. The summed E-state index contributed by atoms with van der Waals surface area (Å²) in [6.45, 7) is 3.43. The van der Waals surface area contributed by atoms with Crippen molar-refractivity contribution in [1.29, 1.82) is 0 Å². The smallest absolute Gasteiger partial charge is 0.379 e. The first kappa shape index (κ1) is 27.7. The molecule has 0 radical (unpaired) electrons. The maximum absolute atomic E-state index is 11.2. The van der Waals surface area contributed by atoms with Gasteiger partial charge in [0.15, 0.2) is 12.3 Å². The molecular formula is C31H34N2O6S. The van der Waals surface area contributed by atoms with E-state index in [0.29, 0.717) is 30.5 Å². The lowest BCUT2D eigenvalue weighted by molar-refractivity contribution is -0.678. The summed E-state index contributed by atoms with van der Waals surface area (Å²) in [6, 6.07) is 21.9. The quantitative estimate of drug-likeness (QED) is 0.117. The molecule has 1 aliphatic heterocycles. The Labute approximate surface area is 235 Å². The van der Waals surface area contributed by atoms with Crippen molar-refractivity contribution in [3.8, 4) is 22.6 Å². The van der Waals surface area contributed by atoms with E-state index in [1.807, 2.05) is 59.5 Å². The second kappa shape index (κ2) is 12.1. The van der Waals surface area contributed by atoms with E-state index in [9.17, 15) is 13.0 Å². The van der Waals surface area contributed by atoms with Crippen molar-refractivity contribution in [3.05, 3.63) is 78.5 Å². The van der Waals surface area contributed by atoms with E-state index in [0.717, 1.165) is 59.5 Å². The number of methoxy groups -OCH3 is 1. The van der Waals surface area contributed by atoms with Gasteiger partial charge in [0, 0.05) is 18.7 Å². The molecule has 1 aromatic heterocycles. The van der Waals surface area contributed by atoms with Crippen LogP contribution >= 0.6 is 0 Å². The third-order valence-corrected chi connectivity index (χ3v) is 7.82. The molecule has 0 saturated heterocycles. The minimum Gasteiger partial charge on any atom is -0.748 e.